The maximum absolute atomic E-state index is 12.7. The number of hydrogen-bond acceptors (Lipinski definition) is 3. The highest BCUT2D eigenvalue weighted by Crippen LogP contribution is 2.25. The first kappa shape index (κ1) is 19.2. The van der Waals surface area contributed by atoms with Crippen molar-refractivity contribution in [1.29, 1.82) is 0 Å². The first-order chi connectivity index (χ1) is 14.3. The van der Waals surface area contributed by atoms with Gasteiger partial charge < -0.3 is 4.74 Å². The number of anilines is 1. The first-order valence-electron chi connectivity index (χ1n) is 10.1. The van der Waals surface area contributed by atoms with Crippen LogP contribution in [0.3, 0.4) is 0 Å². The molecule has 1 aliphatic heterocycles. The summed E-state index contributed by atoms with van der Waals surface area (Å²) in [6.07, 6.45) is 1.47. The maximum Gasteiger partial charge on any atom is 0.241 e. The highest BCUT2D eigenvalue weighted by atomic mass is 16.5. The lowest BCUT2D eigenvalue weighted by molar-refractivity contribution is -0.134. The molecule has 1 fully saturated rings. The molecule has 0 atom stereocenters. The summed E-state index contributed by atoms with van der Waals surface area (Å²) < 4.78 is 5.89. The summed E-state index contributed by atoms with van der Waals surface area (Å²) in [6.45, 7) is 2.57. The van der Waals surface area contributed by atoms with Crippen LogP contribution < -0.4 is 5.01 Å². The molecule has 4 rings (SSSR count). The first-order valence-corrected chi connectivity index (χ1v) is 10.1. The minimum Gasteiger partial charge on any atom is -0.372 e. The van der Waals surface area contributed by atoms with Crippen molar-refractivity contribution in [1.82, 2.24) is 5.01 Å². The Kier molecular flexibility index (Phi) is 6.22. The molecule has 4 heteroatoms. The highest BCUT2D eigenvalue weighted by Gasteiger charge is 2.26. The van der Waals surface area contributed by atoms with Gasteiger partial charge in [0.2, 0.25) is 5.91 Å². The Morgan fingerprint density at radius 2 is 1.41 bits per heavy atom. The fraction of sp³-hybridized carbons (Fsp3) is 0.240. The van der Waals surface area contributed by atoms with Crippen LogP contribution in [0.5, 0.6) is 0 Å². The van der Waals surface area contributed by atoms with Gasteiger partial charge in [-0.15, -0.1) is 0 Å². The standard InChI is InChI=1S/C25H26N2O2/c28-25-15-8-16-26(27(25)18-21-9-3-1-4-10-21)24-14-7-13-23(17-24)20-29-19-22-11-5-2-6-12-22/h1-7,9-14,17H,8,15-16,18-20H2. The Morgan fingerprint density at radius 3 is 2.17 bits per heavy atom. The molecule has 3 aromatic rings. The van der Waals surface area contributed by atoms with Gasteiger partial charge in [-0.05, 0) is 35.2 Å². The van der Waals surface area contributed by atoms with Crippen molar-refractivity contribution >= 4 is 11.6 Å². The summed E-state index contributed by atoms with van der Waals surface area (Å²) in [6, 6.07) is 28.6. The zero-order valence-electron chi connectivity index (χ0n) is 16.5. The van der Waals surface area contributed by atoms with Crippen LogP contribution in [-0.2, 0) is 29.3 Å². The van der Waals surface area contributed by atoms with E-state index in [0.717, 1.165) is 29.8 Å². The van der Waals surface area contributed by atoms with E-state index in [4.69, 9.17) is 4.74 Å². The van der Waals surface area contributed by atoms with Crippen molar-refractivity contribution < 1.29 is 9.53 Å². The Labute approximate surface area is 172 Å². The SMILES string of the molecule is O=C1CCCN(c2cccc(COCc3ccccc3)c2)N1Cc1ccccc1. The Morgan fingerprint density at radius 1 is 0.759 bits per heavy atom. The van der Waals surface area contributed by atoms with Crippen LogP contribution in [0.2, 0.25) is 0 Å². The molecule has 0 saturated carbocycles. The van der Waals surface area contributed by atoms with Gasteiger partial charge in [0, 0.05) is 13.0 Å². The molecule has 3 aromatic carbocycles. The van der Waals surface area contributed by atoms with Crippen molar-refractivity contribution in [3.8, 4) is 0 Å². The van der Waals surface area contributed by atoms with E-state index in [2.05, 4.69) is 47.5 Å². The van der Waals surface area contributed by atoms with Crippen LogP contribution in [0.15, 0.2) is 84.9 Å². The van der Waals surface area contributed by atoms with Crippen LogP contribution in [0.25, 0.3) is 0 Å². The predicted molar refractivity (Wildman–Crippen MR) is 115 cm³/mol. The number of nitrogens with zero attached hydrogens (tertiary/aromatic N) is 2. The molecular formula is C25H26N2O2. The average molecular weight is 386 g/mol. The minimum absolute atomic E-state index is 0.172. The van der Waals surface area contributed by atoms with Crippen molar-refractivity contribution in [3.63, 3.8) is 0 Å². The number of benzene rings is 3. The van der Waals surface area contributed by atoms with Gasteiger partial charge in [-0.25, -0.2) is 5.01 Å². The zero-order chi connectivity index (χ0) is 19.9. The molecule has 29 heavy (non-hydrogen) atoms. The molecule has 0 bridgehead atoms. The van der Waals surface area contributed by atoms with E-state index in [1.807, 2.05) is 47.5 Å². The smallest absolute Gasteiger partial charge is 0.241 e. The summed E-state index contributed by atoms with van der Waals surface area (Å²) in [5.74, 6) is 0.172. The lowest BCUT2D eigenvalue weighted by atomic mass is 10.1. The van der Waals surface area contributed by atoms with Crippen LogP contribution in [0, 0.1) is 0 Å². The number of ether oxygens (including phenoxy) is 1. The van der Waals surface area contributed by atoms with Gasteiger partial charge in [0.1, 0.15) is 0 Å². The van der Waals surface area contributed by atoms with Crippen molar-refractivity contribution in [2.45, 2.75) is 32.6 Å². The fourth-order valence-corrected chi connectivity index (χ4v) is 3.63. The Hall–Kier alpha value is -3.11. The highest BCUT2D eigenvalue weighted by molar-refractivity contribution is 5.79. The van der Waals surface area contributed by atoms with E-state index in [1.54, 1.807) is 0 Å². The quantitative estimate of drug-likeness (QED) is 0.576. The largest absolute Gasteiger partial charge is 0.372 e. The van der Waals surface area contributed by atoms with Gasteiger partial charge >= 0.3 is 0 Å². The van der Waals surface area contributed by atoms with Gasteiger partial charge in [0.05, 0.1) is 25.4 Å². The lowest BCUT2D eigenvalue weighted by Gasteiger charge is -2.40. The van der Waals surface area contributed by atoms with Crippen LogP contribution >= 0.6 is 0 Å². The summed E-state index contributed by atoms with van der Waals surface area (Å²) in [5, 5.41) is 3.99. The normalized spacial score (nSPS) is 14.3. The molecule has 0 unspecified atom stereocenters. The van der Waals surface area contributed by atoms with Gasteiger partial charge in [0.15, 0.2) is 0 Å². The number of amides is 1. The van der Waals surface area contributed by atoms with Gasteiger partial charge in [-0.3, -0.25) is 9.80 Å². The third-order valence-electron chi connectivity index (χ3n) is 5.10. The third kappa shape index (κ3) is 5.04. The topological polar surface area (TPSA) is 32.8 Å². The number of carbonyl (C=O) groups excluding carboxylic acids is 1. The molecule has 0 radical (unpaired) electrons. The average Bonchev–Trinajstić information content (AvgIpc) is 2.77. The molecule has 4 nitrogen and oxygen atoms in total. The van der Waals surface area contributed by atoms with Gasteiger partial charge in [-0.2, -0.15) is 0 Å². The number of rotatable bonds is 7. The molecular weight excluding hydrogens is 360 g/mol. The van der Waals surface area contributed by atoms with Crippen molar-refractivity contribution in [3.05, 3.63) is 102 Å². The van der Waals surface area contributed by atoms with Crippen molar-refractivity contribution in [2.75, 3.05) is 11.6 Å². The molecule has 1 saturated heterocycles. The third-order valence-corrected chi connectivity index (χ3v) is 5.10. The summed E-state index contributed by atoms with van der Waals surface area (Å²) in [5.41, 5.74) is 4.44. The fourth-order valence-electron chi connectivity index (χ4n) is 3.63. The second-order valence-electron chi connectivity index (χ2n) is 7.31. The zero-order valence-corrected chi connectivity index (χ0v) is 16.5. The molecule has 0 N–H and O–H groups in total. The second-order valence-corrected chi connectivity index (χ2v) is 7.31. The van der Waals surface area contributed by atoms with Crippen LogP contribution in [0.4, 0.5) is 5.69 Å². The number of hydrogen-bond donors (Lipinski definition) is 0. The Bertz CT molecular complexity index is 928. The summed E-state index contributed by atoms with van der Waals surface area (Å²) >= 11 is 0. The van der Waals surface area contributed by atoms with E-state index in [9.17, 15) is 4.79 Å². The second kappa shape index (κ2) is 9.39. The van der Waals surface area contributed by atoms with Gasteiger partial charge in [0.25, 0.3) is 0 Å². The van der Waals surface area contributed by atoms with E-state index in [0.29, 0.717) is 26.2 Å². The van der Waals surface area contributed by atoms with E-state index in [1.165, 1.54) is 5.56 Å². The van der Waals surface area contributed by atoms with E-state index in [-0.39, 0.29) is 5.91 Å². The van der Waals surface area contributed by atoms with Gasteiger partial charge in [-0.1, -0.05) is 72.8 Å². The van der Waals surface area contributed by atoms with E-state index < -0.39 is 0 Å². The molecule has 0 spiro atoms. The predicted octanol–water partition coefficient (Wildman–Crippen LogP) is 4.95. The molecule has 0 aromatic heterocycles. The molecule has 1 heterocycles. The summed E-state index contributed by atoms with van der Waals surface area (Å²) in [4.78, 5) is 12.7. The lowest BCUT2D eigenvalue weighted by Crippen LogP contribution is -2.50. The number of hydrazine groups is 1. The van der Waals surface area contributed by atoms with E-state index >= 15 is 0 Å². The monoisotopic (exact) mass is 386 g/mol. The minimum atomic E-state index is 0.172. The van der Waals surface area contributed by atoms with Crippen LogP contribution in [0.1, 0.15) is 29.5 Å². The Balaban J connectivity index is 1.45. The number of carbonyl (C=O) groups is 1. The molecule has 1 aliphatic rings. The van der Waals surface area contributed by atoms with Crippen LogP contribution in [-0.4, -0.2) is 17.5 Å². The molecule has 0 aliphatic carbocycles. The molecule has 1 amide bonds. The maximum atomic E-state index is 12.7. The summed E-state index contributed by atoms with van der Waals surface area (Å²) in [7, 11) is 0. The molecule has 148 valence electrons. The van der Waals surface area contributed by atoms with Crippen molar-refractivity contribution in [2.24, 2.45) is 0 Å².